The summed E-state index contributed by atoms with van der Waals surface area (Å²) in [4.78, 5) is 14.0. The number of sulfonamides is 1. The van der Waals surface area contributed by atoms with Gasteiger partial charge in [-0.15, -0.1) is 4.40 Å². The van der Waals surface area contributed by atoms with Crippen molar-refractivity contribution in [3.63, 3.8) is 0 Å². The molecule has 6 nitrogen and oxygen atoms in total. The Hall–Kier alpha value is -1.86. The number of esters is 1. The number of hydrogen-bond donors (Lipinski definition) is 0. The van der Waals surface area contributed by atoms with Crippen molar-refractivity contribution in [2.75, 3.05) is 18.1 Å². The van der Waals surface area contributed by atoms with Crippen LogP contribution < -0.4 is 4.90 Å². The van der Waals surface area contributed by atoms with Crippen LogP contribution in [0.3, 0.4) is 0 Å². The highest BCUT2D eigenvalue weighted by Gasteiger charge is 2.32. The van der Waals surface area contributed by atoms with Gasteiger partial charge in [-0.25, -0.2) is 4.79 Å². The smallest absolute Gasteiger partial charge is 0.338 e. The number of hydrogen-bond acceptors (Lipinski definition) is 5. The number of fused-ring (bicyclic) bond motifs is 3. The summed E-state index contributed by atoms with van der Waals surface area (Å²) >= 11 is 5.57. The zero-order chi connectivity index (χ0) is 17.3. The fraction of sp³-hybridized carbons (Fsp3) is 0.375. The molecule has 0 bridgehead atoms. The van der Waals surface area contributed by atoms with Crippen LogP contribution in [-0.2, 0) is 14.8 Å². The Bertz CT molecular complexity index is 832. The SMILES string of the molecule is C=C(Cl)COC(=O)c1ccc2c(c1)S(=O)(=O)N=C1CCCCCN12. The van der Waals surface area contributed by atoms with Gasteiger partial charge in [0.05, 0.1) is 11.3 Å². The van der Waals surface area contributed by atoms with Crippen molar-refractivity contribution in [1.29, 1.82) is 0 Å². The molecule has 1 fully saturated rings. The number of anilines is 1. The van der Waals surface area contributed by atoms with E-state index >= 15 is 0 Å². The highest BCUT2D eigenvalue weighted by atomic mass is 35.5. The summed E-state index contributed by atoms with van der Waals surface area (Å²) in [5.41, 5.74) is 0.712. The third kappa shape index (κ3) is 3.32. The molecule has 1 saturated heterocycles. The summed E-state index contributed by atoms with van der Waals surface area (Å²) in [6, 6.07) is 4.51. The van der Waals surface area contributed by atoms with Gasteiger partial charge in [-0.1, -0.05) is 24.6 Å². The second-order valence-electron chi connectivity index (χ2n) is 5.72. The maximum Gasteiger partial charge on any atom is 0.338 e. The van der Waals surface area contributed by atoms with Gasteiger partial charge < -0.3 is 9.64 Å². The van der Waals surface area contributed by atoms with Crippen LogP contribution in [0.5, 0.6) is 0 Å². The molecule has 24 heavy (non-hydrogen) atoms. The molecule has 8 heteroatoms. The number of rotatable bonds is 3. The molecule has 0 saturated carbocycles. The Kier molecular flexibility index (Phi) is 4.64. The monoisotopic (exact) mass is 368 g/mol. The van der Waals surface area contributed by atoms with Gasteiger partial charge >= 0.3 is 5.97 Å². The zero-order valence-corrected chi connectivity index (χ0v) is 14.6. The van der Waals surface area contributed by atoms with E-state index in [1.165, 1.54) is 6.07 Å². The third-order valence-electron chi connectivity index (χ3n) is 3.94. The molecule has 128 valence electrons. The Balaban J connectivity index is 1.98. The zero-order valence-electron chi connectivity index (χ0n) is 13.0. The van der Waals surface area contributed by atoms with Gasteiger partial charge in [0.15, 0.2) is 0 Å². The van der Waals surface area contributed by atoms with E-state index < -0.39 is 16.0 Å². The first-order chi connectivity index (χ1) is 11.4. The van der Waals surface area contributed by atoms with Gasteiger partial charge in [-0.3, -0.25) is 0 Å². The average Bonchev–Trinajstić information content (AvgIpc) is 2.77. The number of halogens is 1. The van der Waals surface area contributed by atoms with E-state index in [0.717, 1.165) is 25.8 Å². The van der Waals surface area contributed by atoms with Gasteiger partial charge in [0, 0.05) is 18.0 Å². The number of benzene rings is 1. The molecule has 0 atom stereocenters. The predicted molar refractivity (Wildman–Crippen MR) is 92.2 cm³/mol. The van der Waals surface area contributed by atoms with Crippen LogP contribution in [0.15, 0.2) is 39.1 Å². The van der Waals surface area contributed by atoms with Gasteiger partial charge in [0.1, 0.15) is 17.3 Å². The number of ether oxygens (including phenoxy) is 1. The Morgan fingerprint density at radius 1 is 1.33 bits per heavy atom. The quantitative estimate of drug-likeness (QED) is 0.766. The van der Waals surface area contributed by atoms with Crippen LogP contribution in [0, 0.1) is 0 Å². The standard InChI is InChI=1S/C16H17ClN2O4S/c1-11(17)10-23-16(20)12-6-7-13-14(9-12)24(21,22)18-15-5-3-2-4-8-19(13)15/h6-7,9H,1-5,8,10H2. The molecule has 0 N–H and O–H groups in total. The van der Waals surface area contributed by atoms with Crippen LogP contribution in [0.25, 0.3) is 0 Å². The van der Waals surface area contributed by atoms with E-state index in [1.807, 2.05) is 4.90 Å². The fourth-order valence-electron chi connectivity index (χ4n) is 2.83. The van der Waals surface area contributed by atoms with E-state index in [1.54, 1.807) is 12.1 Å². The van der Waals surface area contributed by atoms with E-state index in [2.05, 4.69) is 11.0 Å². The first-order valence-corrected chi connectivity index (χ1v) is 9.46. The third-order valence-corrected chi connectivity index (χ3v) is 5.39. The molecule has 0 aromatic heterocycles. The minimum absolute atomic E-state index is 0.0345. The van der Waals surface area contributed by atoms with Crippen LogP contribution >= 0.6 is 11.6 Å². The molecule has 2 heterocycles. The lowest BCUT2D eigenvalue weighted by atomic mass is 10.2. The largest absolute Gasteiger partial charge is 0.456 e. The van der Waals surface area contributed by atoms with Crippen molar-refractivity contribution in [1.82, 2.24) is 0 Å². The van der Waals surface area contributed by atoms with Gasteiger partial charge in [-0.2, -0.15) is 8.42 Å². The molecule has 2 aliphatic rings. The highest BCUT2D eigenvalue weighted by molar-refractivity contribution is 7.90. The summed E-state index contributed by atoms with van der Waals surface area (Å²) < 4.78 is 33.9. The Morgan fingerprint density at radius 2 is 2.12 bits per heavy atom. The maximum absolute atomic E-state index is 12.5. The molecule has 0 unspecified atom stereocenters. The second-order valence-corrected chi connectivity index (χ2v) is 7.83. The van der Waals surface area contributed by atoms with Crippen molar-refractivity contribution in [2.24, 2.45) is 4.40 Å². The summed E-state index contributed by atoms with van der Waals surface area (Å²) in [7, 11) is -3.82. The van der Waals surface area contributed by atoms with Crippen molar-refractivity contribution in [3.05, 3.63) is 35.4 Å². The van der Waals surface area contributed by atoms with Crippen LogP contribution in [-0.4, -0.2) is 33.4 Å². The molecule has 0 spiro atoms. The minimum Gasteiger partial charge on any atom is -0.456 e. The number of carbonyl (C=O) groups is 1. The van der Waals surface area contributed by atoms with Crippen molar-refractivity contribution in [3.8, 4) is 0 Å². The van der Waals surface area contributed by atoms with Gasteiger partial charge in [0.25, 0.3) is 10.0 Å². The molecule has 0 amide bonds. The normalized spacial score (nSPS) is 18.7. The molecular formula is C16H17ClN2O4S. The molecule has 3 rings (SSSR count). The molecular weight excluding hydrogens is 352 g/mol. The molecule has 1 aromatic carbocycles. The number of carbonyl (C=O) groups excluding carboxylic acids is 1. The molecule has 2 aliphatic heterocycles. The summed E-state index contributed by atoms with van der Waals surface area (Å²) in [6.45, 7) is 4.03. The van der Waals surface area contributed by atoms with E-state index in [0.29, 0.717) is 17.9 Å². The summed E-state index contributed by atoms with van der Waals surface area (Å²) in [6.07, 6.45) is 3.57. The first-order valence-electron chi connectivity index (χ1n) is 7.64. The first kappa shape index (κ1) is 17.0. The van der Waals surface area contributed by atoms with Crippen LogP contribution in [0.4, 0.5) is 5.69 Å². The lowest BCUT2D eigenvalue weighted by Crippen LogP contribution is -2.35. The Morgan fingerprint density at radius 3 is 2.88 bits per heavy atom. The lowest BCUT2D eigenvalue weighted by molar-refractivity contribution is 0.0546. The van der Waals surface area contributed by atoms with Crippen LogP contribution in [0.2, 0.25) is 0 Å². The highest BCUT2D eigenvalue weighted by Crippen LogP contribution is 2.35. The lowest BCUT2D eigenvalue weighted by Gasteiger charge is -2.29. The Labute approximate surface area is 145 Å². The predicted octanol–water partition coefficient (Wildman–Crippen LogP) is 3.08. The van der Waals surface area contributed by atoms with Crippen molar-refractivity contribution in [2.45, 2.75) is 30.6 Å². The van der Waals surface area contributed by atoms with E-state index in [9.17, 15) is 13.2 Å². The second kappa shape index (κ2) is 6.57. The molecule has 1 aromatic rings. The van der Waals surface area contributed by atoms with E-state index in [-0.39, 0.29) is 22.1 Å². The summed E-state index contributed by atoms with van der Waals surface area (Å²) in [5, 5.41) is 0.188. The molecule has 0 radical (unpaired) electrons. The van der Waals surface area contributed by atoms with E-state index in [4.69, 9.17) is 16.3 Å². The topological polar surface area (TPSA) is 76.0 Å². The van der Waals surface area contributed by atoms with Crippen LogP contribution in [0.1, 0.15) is 36.0 Å². The van der Waals surface area contributed by atoms with Crippen molar-refractivity contribution >= 4 is 39.1 Å². The van der Waals surface area contributed by atoms with Gasteiger partial charge in [-0.05, 0) is 31.0 Å². The average molecular weight is 369 g/mol. The maximum atomic E-state index is 12.5. The minimum atomic E-state index is -3.82. The number of amidine groups is 1. The number of nitrogens with zero attached hydrogens (tertiary/aromatic N) is 2. The summed E-state index contributed by atoms with van der Waals surface area (Å²) in [5.74, 6) is -0.0748. The molecule has 0 aliphatic carbocycles. The van der Waals surface area contributed by atoms with Crippen molar-refractivity contribution < 1.29 is 17.9 Å². The van der Waals surface area contributed by atoms with Gasteiger partial charge in [0.2, 0.25) is 0 Å². The fourth-order valence-corrected chi connectivity index (χ4v) is 4.17.